The van der Waals surface area contributed by atoms with Crippen molar-refractivity contribution in [1.82, 2.24) is 20.2 Å². The first-order valence-electron chi connectivity index (χ1n) is 9.91. The molecule has 0 fully saturated rings. The number of benzene rings is 3. The molecule has 3 aromatic carbocycles. The zero-order chi connectivity index (χ0) is 21.6. The second kappa shape index (κ2) is 9.08. The number of aromatic nitrogens is 4. The average Bonchev–Trinajstić information content (AvgIpc) is 3.22. The summed E-state index contributed by atoms with van der Waals surface area (Å²) in [6, 6.07) is 25.1. The Morgan fingerprint density at radius 2 is 1.58 bits per heavy atom. The van der Waals surface area contributed by atoms with Gasteiger partial charge in [0.1, 0.15) is 0 Å². The Bertz CT molecular complexity index is 1160. The van der Waals surface area contributed by atoms with Crippen LogP contribution in [0.2, 0.25) is 0 Å². The summed E-state index contributed by atoms with van der Waals surface area (Å²) in [7, 11) is 1.77. The highest BCUT2D eigenvalue weighted by molar-refractivity contribution is 6.00. The van der Waals surface area contributed by atoms with Gasteiger partial charge in [-0.2, -0.15) is 0 Å². The minimum Gasteiger partial charge on any atom is -0.379 e. The van der Waals surface area contributed by atoms with Crippen molar-refractivity contribution >= 4 is 23.1 Å². The maximum absolute atomic E-state index is 12.4. The maximum atomic E-state index is 12.4. The van der Waals surface area contributed by atoms with Crippen molar-refractivity contribution in [3.05, 3.63) is 84.4 Å². The number of hydrogen-bond acceptors (Lipinski definition) is 5. The van der Waals surface area contributed by atoms with Gasteiger partial charge in [-0.15, -0.1) is 5.10 Å². The van der Waals surface area contributed by atoms with Crippen molar-refractivity contribution in [3.8, 4) is 11.4 Å². The van der Waals surface area contributed by atoms with Gasteiger partial charge in [-0.25, -0.2) is 9.48 Å². The SMILES string of the molecule is CC(Nc1ccc(NC(=O)Nc2cccc(-c3nnnn3C)c2)cc1)c1ccccc1. The highest BCUT2D eigenvalue weighted by Gasteiger charge is 2.09. The largest absolute Gasteiger partial charge is 0.379 e. The zero-order valence-corrected chi connectivity index (χ0v) is 17.3. The van der Waals surface area contributed by atoms with E-state index >= 15 is 0 Å². The predicted octanol–water partition coefficient (Wildman–Crippen LogP) is 4.69. The highest BCUT2D eigenvalue weighted by atomic mass is 16.2. The first-order valence-corrected chi connectivity index (χ1v) is 9.91. The summed E-state index contributed by atoms with van der Waals surface area (Å²) >= 11 is 0. The Labute approximate surface area is 180 Å². The summed E-state index contributed by atoms with van der Waals surface area (Å²) in [5.41, 5.74) is 4.35. The van der Waals surface area contributed by atoms with E-state index in [1.807, 2.05) is 66.7 Å². The molecule has 0 radical (unpaired) electrons. The van der Waals surface area contributed by atoms with Crippen LogP contribution in [0.15, 0.2) is 78.9 Å². The van der Waals surface area contributed by atoms with Gasteiger partial charge in [-0.3, -0.25) is 0 Å². The molecular weight excluding hydrogens is 390 g/mol. The smallest absolute Gasteiger partial charge is 0.323 e. The fourth-order valence-corrected chi connectivity index (χ4v) is 3.23. The molecule has 0 aliphatic carbocycles. The summed E-state index contributed by atoms with van der Waals surface area (Å²) in [4.78, 5) is 12.4. The number of nitrogens with one attached hydrogen (secondary N) is 3. The Morgan fingerprint density at radius 1 is 0.871 bits per heavy atom. The fourth-order valence-electron chi connectivity index (χ4n) is 3.23. The van der Waals surface area contributed by atoms with Gasteiger partial charge in [0.2, 0.25) is 0 Å². The molecule has 8 nitrogen and oxygen atoms in total. The van der Waals surface area contributed by atoms with E-state index in [1.165, 1.54) is 5.56 Å². The van der Waals surface area contributed by atoms with Gasteiger partial charge in [0.15, 0.2) is 5.82 Å². The molecule has 3 N–H and O–H groups in total. The molecule has 2 amide bonds. The molecule has 8 heteroatoms. The number of rotatable bonds is 6. The molecule has 4 rings (SSSR count). The highest BCUT2D eigenvalue weighted by Crippen LogP contribution is 2.22. The number of anilines is 3. The zero-order valence-electron chi connectivity index (χ0n) is 17.3. The van der Waals surface area contributed by atoms with Crippen LogP contribution in [-0.2, 0) is 7.05 Å². The first-order chi connectivity index (χ1) is 15.1. The second-order valence-electron chi connectivity index (χ2n) is 7.14. The molecule has 0 saturated heterocycles. The minimum atomic E-state index is -0.327. The van der Waals surface area contributed by atoms with Gasteiger partial charge in [0.25, 0.3) is 0 Å². The van der Waals surface area contributed by atoms with Crippen LogP contribution >= 0.6 is 0 Å². The molecule has 0 saturated carbocycles. The van der Waals surface area contributed by atoms with Crippen molar-refractivity contribution in [3.63, 3.8) is 0 Å². The van der Waals surface area contributed by atoms with E-state index in [4.69, 9.17) is 0 Å². The van der Waals surface area contributed by atoms with E-state index in [1.54, 1.807) is 11.7 Å². The number of amides is 2. The summed E-state index contributed by atoms with van der Waals surface area (Å²) in [5, 5.41) is 20.6. The molecule has 1 heterocycles. The number of carbonyl (C=O) groups is 1. The molecule has 156 valence electrons. The molecule has 4 aromatic rings. The van der Waals surface area contributed by atoms with Gasteiger partial charge >= 0.3 is 6.03 Å². The normalized spacial score (nSPS) is 11.5. The lowest BCUT2D eigenvalue weighted by molar-refractivity contribution is 0.262. The molecular formula is C23H23N7O. The Kier molecular flexibility index (Phi) is 5.89. The van der Waals surface area contributed by atoms with Crippen molar-refractivity contribution in [1.29, 1.82) is 0 Å². The average molecular weight is 413 g/mol. The maximum Gasteiger partial charge on any atom is 0.323 e. The van der Waals surface area contributed by atoms with Crippen LogP contribution in [0, 0.1) is 0 Å². The van der Waals surface area contributed by atoms with E-state index in [9.17, 15) is 4.79 Å². The minimum absolute atomic E-state index is 0.180. The van der Waals surface area contributed by atoms with Crippen LogP contribution < -0.4 is 16.0 Å². The Hall–Kier alpha value is -4.20. The molecule has 1 atom stereocenters. The van der Waals surface area contributed by atoms with Gasteiger partial charge in [-0.1, -0.05) is 42.5 Å². The van der Waals surface area contributed by atoms with Gasteiger partial charge in [-0.05, 0) is 59.3 Å². The summed E-state index contributed by atoms with van der Waals surface area (Å²) in [5.74, 6) is 0.622. The molecule has 0 aliphatic rings. The van der Waals surface area contributed by atoms with Crippen molar-refractivity contribution in [2.75, 3.05) is 16.0 Å². The van der Waals surface area contributed by atoms with Crippen molar-refractivity contribution < 1.29 is 4.79 Å². The van der Waals surface area contributed by atoms with Crippen molar-refractivity contribution in [2.24, 2.45) is 7.05 Å². The van der Waals surface area contributed by atoms with Crippen molar-refractivity contribution in [2.45, 2.75) is 13.0 Å². The lowest BCUT2D eigenvalue weighted by Crippen LogP contribution is -2.19. The third kappa shape index (κ3) is 5.05. The molecule has 31 heavy (non-hydrogen) atoms. The third-order valence-corrected chi connectivity index (χ3v) is 4.82. The third-order valence-electron chi connectivity index (χ3n) is 4.82. The lowest BCUT2D eigenvalue weighted by Gasteiger charge is -2.16. The van der Waals surface area contributed by atoms with Crippen LogP contribution in [0.25, 0.3) is 11.4 Å². The topological polar surface area (TPSA) is 96.8 Å². The van der Waals surface area contributed by atoms with Crippen LogP contribution in [-0.4, -0.2) is 26.2 Å². The summed E-state index contributed by atoms with van der Waals surface area (Å²) in [6.07, 6.45) is 0. The van der Waals surface area contributed by atoms with Crippen LogP contribution in [0.4, 0.5) is 21.9 Å². The number of nitrogens with zero attached hydrogens (tertiary/aromatic N) is 4. The van der Waals surface area contributed by atoms with Crippen LogP contribution in [0.5, 0.6) is 0 Å². The number of urea groups is 1. The Morgan fingerprint density at radius 3 is 2.29 bits per heavy atom. The summed E-state index contributed by atoms with van der Waals surface area (Å²) in [6.45, 7) is 2.11. The standard InChI is InChI=1S/C23H23N7O/c1-16(17-7-4-3-5-8-17)24-19-11-13-20(14-12-19)25-23(31)26-21-10-6-9-18(15-21)22-27-28-29-30(22)2/h3-16,24H,1-2H3,(H2,25,26,31). The molecule has 0 spiro atoms. The number of tetrazole rings is 1. The quantitative estimate of drug-likeness (QED) is 0.426. The Balaban J connectivity index is 1.35. The van der Waals surface area contributed by atoms with E-state index in [2.05, 4.69) is 50.5 Å². The number of carbonyl (C=O) groups excluding carboxylic acids is 1. The summed E-state index contributed by atoms with van der Waals surface area (Å²) < 4.78 is 1.58. The van der Waals surface area contributed by atoms with E-state index < -0.39 is 0 Å². The van der Waals surface area contributed by atoms with E-state index in [-0.39, 0.29) is 12.1 Å². The fraction of sp³-hybridized carbons (Fsp3) is 0.130. The van der Waals surface area contributed by atoms with Gasteiger partial charge < -0.3 is 16.0 Å². The first kappa shape index (κ1) is 20.1. The predicted molar refractivity (Wildman–Crippen MR) is 122 cm³/mol. The molecule has 1 aromatic heterocycles. The van der Waals surface area contributed by atoms with Gasteiger partial charge in [0, 0.05) is 35.7 Å². The number of aryl methyl sites for hydroxylation is 1. The number of hydrogen-bond donors (Lipinski definition) is 3. The second-order valence-corrected chi connectivity index (χ2v) is 7.14. The van der Waals surface area contributed by atoms with Crippen LogP contribution in [0.3, 0.4) is 0 Å². The van der Waals surface area contributed by atoms with Gasteiger partial charge in [0.05, 0.1) is 0 Å². The van der Waals surface area contributed by atoms with E-state index in [0.29, 0.717) is 17.2 Å². The molecule has 0 bridgehead atoms. The molecule has 0 aliphatic heterocycles. The molecule has 1 unspecified atom stereocenters. The monoisotopic (exact) mass is 413 g/mol. The lowest BCUT2D eigenvalue weighted by atomic mass is 10.1. The van der Waals surface area contributed by atoms with Crippen LogP contribution in [0.1, 0.15) is 18.5 Å². The van der Waals surface area contributed by atoms with E-state index in [0.717, 1.165) is 11.3 Å².